The van der Waals surface area contributed by atoms with Gasteiger partial charge in [0.1, 0.15) is 0 Å². The van der Waals surface area contributed by atoms with Gasteiger partial charge in [-0.2, -0.15) is 0 Å². The van der Waals surface area contributed by atoms with E-state index in [2.05, 4.69) is 29.5 Å². The molecule has 0 bridgehead atoms. The van der Waals surface area contributed by atoms with Crippen molar-refractivity contribution >= 4 is 16.5 Å². The molecule has 14 heavy (non-hydrogen) atoms. The molecule has 0 aliphatic carbocycles. The van der Waals surface area contributed by atoms with Crippen LogP contribution < -0.4 is 10.6 Å². The van der Waals surface area contributed by atoms with Crippen molar-refractivity contribution in [2.24, 2.45) is 5.92 Å². The molecule has 80 valence electrons. The fraction of sp³-hybridized carbons (Fsp3) is 0.700. The van der Waals surface area contributed by atoms with Crippen LogP contribution in [0.3, 0.4) is 0 Å². The van der Waals surface area contributed by atoms with Crippen LogP contribution in [0.15, 0.2) is 0 Å². The first-order valence-corrected chi connectivity index (χ1v) is 5.77. The highest BCUT2D eigenvalue weighted by Gasteiger charge is 2.04. The first-order chi connectivity index (χ1) is 6.63. The summed E-state index contributed by atoms with van der Waals surface area (Å²) in [4.78, 5) is 5.73. The maximum absolute atomic E-state index is 4.43. The number of aromatic nitrogens is 1. The smallest absolute Gasteiger partial charge is 0.183 e. The fourth-order valence-corrected chi connectivity index (χ4v) is 2.05. The van der Waals surface area contributed by atoms with E-state index in [9.17, 15) is 0 Å². The van der Waals surface area contributed by atoms with Gasteiger partial charge in [0.05, 0.1) is 5.69 Å². The number of anilines is 1. The molecule has 1 rings (SSSR count). The van der Waals surface area contributed by atoms with Crippen LogP contribution in [0.4, 0.5) is 5.13 Å². The number of nitrogens with zero attached hydrogens (tertiary/aromatic N) is 1. The minimum absolute atomic E-state index is 0.629. The highest BCUT2D eigenvalue weighted by atomic mass is 32.1. The summed E-state index contributed by atoms with van der Waals surface area (Å²) >= 11 is 1.73. The SMILES string of the molecule is CNCC(C)CNc1nc(C)c(C)s1. The second-order valence-electron chi connectivity index (χ2n) is 3.70. The lowest BCUT2D eigenvalue weighted by Crippen LogP contribution is -2.22. The second-order valence-corrected chi connectivity index (χ2v) is 4.91. The monoisotopic (exact) mass is 213 g/mol. The van der Waals surface area contributed by atoms with Gasteiger partial charge >= 0.3 is 0 Å². The predicted molar refractivity (Wildman–Crippen MR) is 63.2 cm³/mol. The minimum Gasteiger partial charge on any atom is -0.361 e. The molecular weight excluding hydrogens is 194 g/mol. The number of rotatable bonds is 5. The van der Waals surface area contributed by atoms with Gasteiger partial charge in [-0.25, -0.2) is 4.98 Å². The van der Waals surface area contributed by atoms with Crippen molar-refractivity contribution < 1.29 is 0 Å². The third kappa shape index (κ3) is 3.27. The van der Waals surface area contributed by atoms with E-state index in [4.69, 9.17) is 0 Å². The maximum atomic E-state index is 4.43. The van der Waals surface area contributed by atoms with Crippen LogP contribution >= 0.6 is 11.3 Å². The van der Waals surface area contributed by atoms with Crippen LogP contribution in [0.5, 0.6) is 0 Å². The number of nitrogens with one attached hydrogen (secondary N) is 2. The lowest BCUT2D eigenvalue weighted by Gasteiger charge is -2.10. The van der Waals surface area contributed by atoms with Gasteiger partial charge in [-0.15, -0.1) is 11.3 Å². The molecule has 0 spiro atoms. The van der Waals surface area contributed by atoms with E-state index in [-0.39, 0.29) is 0 Å². The number of aryl methyl sites for hydroxylation is 2. The van der Waals surface area contributed by atoms with Gasteiger partial charge in [0.15, 0.2) is 5.13 Å². The molecule has 0 amide bonds. The molecule has 1 unspecified atom stereocenters. The van der Waals surface area contributed by atoms with Crippen LogP contribution in [0.1, 0.15) is 17.5 Å². The molecule has 0 radical (unpaired) electrons. The molecule has 1 aromatic rings. The van der Waals surface area contributed by atoms with Crippen LogP contribution in [-0.4, -0.2) is 25.1 Å². The van der Waals surface area contributed by atoms with Gasteiger partial charge in [0, 0.05) is 11.4 Å². The zero-order chi connectivity index (χ0) is 10.6. The van der Waals surface area contributed by atoms with E-state index < -0.39 is 0 Å². The molecular formula is C10H19N3S. The minimum atomic E-state index is 0.629. The third-order valence-electron chi connectivity index (χ3n) is 2.18. The van der Waals surface area contributed by atoms with Gasteiger partial charge in [-0.05, 0) is 33.4 Å². The molecule has 4 heteroatoms. The van der Waals surface area contributed by atoms with E-state index in [1.165, 1.54) is 4.88 Å². The van der Waals surface area contributed by atoms with Gasteiger partial charge in [0.2, 0.25) is 0 Å². The van der Waals surface area contributed by atoms with Crippen molar-refractivity contribution in [1.82, 2.24) is 10.3 Å². The fourth-order valence-electron chi connectivity index (χ4n) is 1.23. The lowest BCUT2D eigenvalue weighted by molar-refractivity contribution is 0.569. The Morgan fingerprint density at radius 1 is 1.36 bits per heavy atom. The summed E-state index contributed by atoms with van der Waals surface area (Å²) in [7, 11) is 1.98. The molecule has 1 heterocycles. The Balaban J connectivity index is 2.38. The molecule has 1 aromatic heterocycles. The topological polar surface area (TPSA) is 37.0 Å². The van der Waals surface area contributed by atoms with Crippen molar-refractivity contribution in [1.29, 1.82) is 0 Å². The van der Waals surface area contributed by atoms with E-state index in [1.54, 1.807) is 11.3 Å². The zero-order valence-electron chi connectivity index (χ0n) is 9.35. The maximum Gasteiger partial charge on any atom is 0.183 e. The van der Waals surface area contributed by atoms with Crippen molar-refractivity contribution in [3.63, 3.8) is 0 Å². The van der Waals surface area contributed by atoms with Crippen LogP contribution in [-0.2, 0) is 0 Å². The van der Waals surface area contributed by atoms with E-state index in [1.807, 2.05) is 14.0 Å². The summed E-state index contributed by atoms with van der Waals surface area (Å²) in [5.41, 5.74) is 1.14. The highest BCUT2D eigenvalue weighted by molar-refractivity contribution is 7.15. The van der Waals surface area contributed by atoms with Gasteiger partial charge in [-0.1, -0.05) is 6.92 Å². The average molecular weight is 213 g/mol. The van der Waals surface area contributed by atoms with Gasteiger partial charge < -0.3 is 10.6 Å². The number of hydrogen-bond acceptors (Lipinski definition) is 4. The number of hydrogen-bond donors (Lipinski definition) is 2. The predicted octanol–water partition coefficient (Wildman–Crippen LogP) is 2.03. The summed E-state index contributed by atoms with van der Waals surface area (Å²) in [6.07, 6.45) is 0. The van der Waals surface area contributed by atoms with E-state index >= 15 is 0 Å². The Morgan fingerprint density at radius 3 is 2.57 bits per heavy atom. The first kappa shape index (κ1) is 11.5. The molecule has 0 aromatic carbocycles. The van der Waals surface area contributed by atoms with Crippen molar-refractivity contribution in [3.05, 3.63) is 10.6 Å². The van der Waals surface area contributed by atoms with Crippen molar-refractivity contribution in [3.8, 4) is 0 Å². The summed E-state index contributed by atoms with van der Waals surface area (Å²) in [6.45, 7) is 8.39. The summed E-state index contributed by atoms with van der Waals surface area (Å²) in [5, 5.41) is 7.57. The third-order valence-corrected chi connectivity index (χ3v) is 3.21. The van der Waals surface area contributed by atoms with Crippen LogP contribution in [0.2, 0.25) is 0 Å². The van der Waals surface area contributed by atoms with Crippen LogP contribution in [0.25, 0.3) is 0 Å². The molecule has 0 fully saturated rings. The Bertz CT molecular complexity index is 263. The summed E-state index contributed by atoms with van der Waals surface area (Å²) < 4.78 is 0. The summed E-state index contributed by atoms with van der Waals surface area (Å²) in [6, 6.07) is 0. The van der Waals surface area contributed by atoms with Crippen LogP contribution in [0, 0.1) is 19.8 Å². The second kappa shape index (κ2) is 5.32. The average Bonchev–Trinajstić information content (AvgIpc) is 2.44. The molecule has 2 N–H and O–H groups in total. The van der Waals surface area contributed by atoms with E-state index in [0.717, 1.165) is 23.9 Å². The summed E-state index contributed by atoms with van der Waals surface area (Å²) in [5.74, 6) is 0.629. The standard InChI is InChI=1S/C10H19N3S/c1-7(5-11-4)6-12-10-13-8(2)9(3)14-10/h7,11H,5-6H2,1-4H3,(H,12,13). The molecule has 3 nitrogen and oxygen atoms in total. The van der Waals surface area contributed by atoms with Crippen molar-refractivity contribution in [2.45, 2.75) is 20.8 Å². The molecule has 1 atom stereocenters. The Kier molecular flexibility index (Phi) is 4.35. The first-order valence-electron chi connectivity index (χ1n) is 4.96. The molecule has 0 saturated heterocycles. The van der Waals surface area contributed by atoms with E-state index in [0.29, 0.717) is 5.92 Å². The number of thiazole rings is 1. The zero-order valence-corrected chi connectivity index (χ0v) is 10.2. The normalized spacial score (nSPS) is 12.9. The highest BCUT2D eigenvalue weighted by Crippen LogP contribution is 2.20. The largest absolute Gasteiger partial charge is 0.361 e. The van der Waals surface area contributed by atoms with Crippen molar-refractivity contribution in [2.75, 3.05) is 25.5 Å². The Hall–Kier alpha value is -0.610. The molecule has 0 aliphatic rings. The quantitative estimate of drug-likeness (QED) is 0.786. The molecule has 0 aliphatic heterocycles. The molecule has 0 saturated carbocycles. The Morgan fingerprint density at radius 2 is 2.07 bits per heavy atom. The lowest BCUT2D eigenvalue weighted by atomic mass is 10.2. The van der Waals surface area contributed by atoms with Gasteiger partial charge in [0.25, 0.3) is 0 Å². The van der Waals surface area contributed by atoms with Gasteiger partial charge in [-0.3, -0.25) is 0 Å². The Labute approximate surface area is 89.9 Å².